The van der Waals surface area contributed by atoms with Gasteiger partial charge in [0.15, 0.2) is 0 Å². The maximum atomic E-state index is 11.3. The van der Waals surface area contributed by atoms with Crippen molar-refractivity contribution in [3.05, 3.63) is 0 Å². The van der Waals surface area contributed by atoms with Crippen molar-refractivity contribution in [2.45, 2.75) is 85.0 Å². The SMILES string of the molecule is CCCCCCC(CCCCCC)COC(=O)OCC. The summed E-state index contributed by atoms with van der Waals surface area (Å²) in [5.74, 6) is 0.508. The molecule has 0 aromatic carbocycles. The van der Waals surface area contributed by atoms with Crippen LogP contribution < -0.4 is 0 Å². The molecule has 0 saturated carbocycles. The van der Waals surface area contributed by atoms with Crippen LogP contribution in [0.5, 0.6) is 0 Å². The molecule has 0 radical (unpaired) electrons. The van der Waals surface area contributed by atoms with Gasteiger partial charge in [-0.1, -0.05) is 65.2 Å². The fourth-order valence-corrected chi connectivity index (χ4v) is 2.38. The average molecular weight is 286 g/mol. The van der Waals surface area contributed by atoms with Crippen molar-refractivity contribution in [1.82, 2.24) is 0 Å². The van der Waals surface area contributed by atoms with Crippen LogP contribution in [0.4, 0.5) is 4.79 Å². The zero-order chi connectivity index (χ0) is 15.1. The fourth-order valence-electron chi connectivity index (χ4n) is 2.38. The Morgan fingerprint density at radius 2 is 1.35 bits per heavy atom. The molecule has 0 unspecified atom stereocenters. The second-order valence-electron chi connectivity index (χ2n) is 5.56. The highest BCUT2D eigenvalue weighted by Crippen LogP contribution is 2.19. The summed E-state index contributed by atoms with van der Waals surface area (Å²) >= 11 is 0. The van der Waals surface area contributed by atoms with Crippen LogP contribution in [0.3, 0.4) is 0 Å². The number of carbonyl (C=O) groups is 1. The lowest BCUT2D eigenvalue weighted by Crippen LogP contribution is -2.15. The zero-order valence-electron chi connectivity index (χ0n) is 13.8. The van der Waals surface area contributed by atoms with Crippen LogP contribution in [0, 0.1) is 5.92 Å². The van der Waals surface area contributed by atoms with Gasteiger partial charge in [0.05, 0.1) is 13.2 Å². The normalized spacial score (nSPS) is 10.8. The Bertz CT molecular complexity index is 204. The topological polar surface area (TPSA) is 35.5 Å². The minimum absolute atomic E-state index is 0.385. The van der Waals surface area contributed by atoms with Gasteiger partial charge in [-0.3, -0.25) is 0 Å². The molecule has 3 nitrogen and oxygen atoms in total. The molecule has 0 spiro atoms. The van der Waals surface area contributed by atoms with E-state index in [0.29, 0.717) is 19.1 Å². The molecule has 0 aromatic heterocycles. The van der Waals surface area contributed by atoms with Crippen LogP contribution >= 0.6 is 0 Å². The molecule has 0 aliphatic rings. The molecule has 0 saturated heterocycles. The Labute approximate surface area is 125 Å². The number of ether oxygens (including phenoxy) is 2. The van der Waals surface area contributed by atoms with E-state index < -0.39 is 6.16 Å². The smallest absolute Gasteiger partial charge is 0.435 e. The molecular formula is C17H34O3. The van der Waals surface area contributed by atoms with E-state index in [2.05, 4.69) is 13.8 Å². The third-order valence-corrected chi connectivity index (χ3v) is 3.63. The van der Waals surface area contributed by atoms with Crippen LogP contribution in [0.25, 0.3) is 0 Å². The van der Waals surface area contributed by atoms with Gasteiger partial charge in [0, 0.05) is 0 Å². The van der Waals surface area contributed by atoms with E-state index in [4.69, 9.17) is 9.47 Å². The molecular weight excluding hydrogens is 252 g/mol. The first-order chi connectivity index (χ1) is 9.74. The number of unbranched alkanes of at least 4 members (excludes halogenated alkanes) is 6. The highest BCUT2D eigenvalue weighted by molar-refractivity contribution is 5.59. The van der Waals surface area contributed by atoms with E-state index >= 15 is 0 Å². The van der Waals surface area contributed by atoms with Gasteiger partial charge in [-0.15, -0.1) is 0 Å². The lowest BCUT2D eigenvalue weighted by molar-refractivity contribution is 0.0449. The first kappa shape index (κ1) is 19.3. The van der Waals surface area contributed by atoms with Crippen molar-refractivity contribution in [3.8, 4) is 0 Å². The summed E-state index contributed by atoms with van der Waals surface area (Å²) in [6.07, 6.45) is 12.1. The Morgan fingerprint density at radius 3 is 1.80 bits per heavy atom. The van der Waals surface area contributed by atoms with Crippen molar-refractivity contribution < 1.29 is 14.3 Å². The number of hydrogen-bond donors (Lipinski definition) is 0. The molecule has 20 heavy (non-hydrogen) atoms. The van der Waals surface area contributed by atoms with Crippen molar-refractivity contribution in [2.75, 3.05) is 13.2 Å². The molecule has 0 bridgehead atoms. The van der Waals surface area contributed by atoms with Gasteiger partial charge >= 0.3 is 6.16 Å². The number of rotatable bonds is 13. The van der Waals surface area contributed by atoms with Gasteiger partial charge in [0.2, 0.25) is 0 Å². The summed E-state index contributed by atoms with van der Waals surface area (Å²) < 4.78 is 10.0. The maximum absolute atomic E-state index is 11.3. The molecule has 0 aromatic rings. The third kappa shape index (κ3) is 12.3. The second-order valence-corrected chi connectivity index (χ2v) is 5.56. The molecule has 3 heteroatoms. The van der Waals surface area contributed by atoms with Crippen LogP contribution in [-0.4, -0.2) is 19.4 Å². The summed E-state index contributed by atoms with van der Waals surface area (Å²) in [7, 11) is 0. The molecule has 120 valence electrons. The fraction of sp³-hybridized carbons (Fsp3) is 0.941. The van der Waals surface area contributed by atoms with Crippen molar-refractivity contribution in [1.29, 1.82) is 0 Å². The minimum atomic E-state index is -0.514. The Balaban J connectivity index is 3.87. The molecule has 0 heterocycles. The number of carbonyl (C=O) groups excluding carboxylic acids is 1. The van der Waals surface area contributed by atoms with E-state index in [1.807, 2.05) is 0 Å². The van der Waals surface area contributed by atoms with E-state index in [1.165, 1.54) is 64.2 Å². The van der Waals surface area contributed by atoms with Crippen molar-refractivity contribution >= 4 is 6.16 Å². The van der Waals surface area contributed by atoms with Gasteiger partial charge in [-0.05, 0) is 25.7 Å². The third-order valence-electron chi connectivity index (χ3n) is 3.63. The minimum Gasteiger partial charge on any atom is -0.435 e. The monoisotopic (exact) mass is 286 g/mol. The average Bonchev–Trinajstić information content (AvgIpc) is 2.44. The summed E-state index contributed by atoms with van der Waals surface area (Å²) in [6.45, 7) is 7.17. The van der Waals surface area contributed by atoms with Gasteiger partial charge < -0.3 is 9.47 Å². The Morgan fingerprint density at radius 1 is 0.800 bits per heavy atom. The molecule has 0 N–H and O–H groups in total. The second kappa shape index (κ2) is 14.7. The predicted octanol–water partition coefficient (Wildman–Crippen LogP) is 5.72. The molecule has 0 amide bonds. The highest BCUT2D eigenvalue weighted by Gasteiger charge is 2.12. The first-order valence-corrected chi connectivity index (χ1v) is 8.54. The molecule has 0 aliphatic carbocycles. The van der Waals surface area contributed by atoms with Crippen molar-refractivity contribution in [3.63, 3.8) is 0 Å². The van der Waals surface area contributed by atoms with Gasteiger partial charge in [-0.25, -0.2) is 4.79 Å². The molecule has 0 atom stereocenters. The van der Waals surface area contributed by atoms with Crippen LogP contribution in [-0.2, 0) is 9.47 Å². The van der Waals surface area contributed by atoms with E-state index in [0.717, 1.165) is 0 Å². The van der Waals surface area contributed by atoms with Gasteiger partial charge in [-0.2, -0.15) is 0 Å². The van der Waals surface area contributed by atoms with Gasteiger partial charge in [0.1, 0.15) is 0 Å². The predicted molar refractivity (Wildman–Crippen MR) is 84.0 cm³/mol. The number of hydrogen-bond acceptors (Lipinski definition) is 3. The quantitative estimate of drug-likeness (QED) is 0.321. The highest BCUT2D eigenvalue weighted by atomic mass is 16.7. The van der Waals surface area contributed by atoms with E-state index in [-0.39, 0.29) is 0 Å². The van der Waals surface area contributed by atoms with Crippen LogP contribution in [0.1, 0.15) is 85.0 Å². The standard InChI is InChI=1S/C17H34O3/c1-4-7-9-11-13-16(14-12-10-8-5-2)15-20-17(18)19-6-3/h16H,4-15H2,1-3H3. The zero-order valence-corrected chi connectivity index (χ0v) is 13.8. The lowest BCUT2D eigenvalue weighted by Gasteiger charge is -2.16. The molecule has 0 aliphatic heterocycles. The molecule has 0 fully saturated rings. The van der Waals surface area contributed by atoms with E-state index in [9.17, 15) is 4.79 Å². The summed E-state index contributed by atoms with van der Waals surface area (Å²) in [5, 5.41) is 0. The Kier molecular flexibility index (Phi) is 14.1. The maximum Gasteiger partial charge on any atom is 0.508 e. The molecule has 0 rings (SSSR count). The van der Waals surface area contributed by atoms with Crippen LogP contribution in [0.15, 0.2) is 0 Å². The summed E-state index contributed by atoms with van der Waals surface area (Å²) in [4.78, 5) is 11.3. The summed E-state index contributed by atoms with van der Waals surface area (Å²) in [5.41, 5.74) is 0. The van der Waals surface area contributed by atoms with Crippen molar-refractivity contribution in [2.24, 2.45) is 5.92 Å². The first-order valence-electron chi connectivity index (χ1n) is 8.54. The largest absolute Gasteiger partial charge is 0.508 e. The lowest BCUT2D eigenvalue weighted by atomic mass is 9.95. The van der Waals surface area contributed by atoms with E-state index in [1.54, 1.807) is 6.92 Å². The summed E-state index contributed by atoms with van der Waals surface area (Å²) in [6, 6.07) is 0. The van der Waals surface area contributed by atoms with Crippen LogP contribution in [0.2, 0.25) is 0 Å². The Hall–Kier alpha value is -0.730. The van der Waals surface area contributed by atoms with Gasteiger partial charge in [0.25, 0.3) is 0 Å².